The molecule has 8 heteroatoms. The fourth-order valence-electron chi connectivity index (χ4n) is 3.08. The van der Waals surface area contributed by atoms with E-state index in [-0.39, 0.29) is 11.7 Å². The van der Waals surface area contributed by atoms with Crippen LogP contribution in [0.3, 0.4) is 0 Å². The van der Waals surface area contributed by atoms with E-state index in [0.717, 1.165) is 22.2 Å². The fourth-order valence-corrected chi connectivity index (χ4v) is 3.91. The van der Waals surface area contributed by atoms with Crippen LogP contribution in [0.1, 0.15) is 12.5 Å². The van der Waals surface area contributed by atoms with E-state index in [1.165, 1.54) is 17.1 Å². The van der Waals surface area contributed by atoms with Gasteiger partial charge in [0, 0.05) is 17.6 Å². The zero-order chi connectivity index (χ0) is 21.8. The number of nitrogens with one attached hydrogen (secondary N) is 1. The molecule has 31 heavy (non-hydrogen) atoms. The van der Waals surface area contributed by atoms with Crippen LogP contribution in [0, 0.1) is 0 Å². The Balaban J connectivity index is 1.37. The van der Waals surface area contributed by atoms with E-state index in [1.807, 2.05) is 67.1 Å². The summed E-state index contributed by atoms with van der Waals surface area (Å²) in [4.78, 5) is 12.3. The molecule has 1 amide bonds. The standard InChI is InChI=1S/C23H20ClN5OS/c1-15(18-8-7-16-5-3-4-6-19(16)13-18)25-26-21(30)14-31-23-28-27-22(29(23)2)17-9-11-20(24)12-10-17/h3-13H,14H2,1-2H3,(H,26,30)/b25-15+. The molecule has 0 aliphatic carbocycles. The highest BCUT2D eigenvalue weighted by Gasteiger charge is 2.13. The fraction of sp³-hybridized carbons (Fsp3) is 0.130. The van der Waals surface area contributed by atoms with Crippen LogP contribution in [0.15, 0.2) is 77.0 Å². The number of amides is 1. The maximum atomic E-state index is 12.3. The Morgan fingerprint density at radius 3 is 2.58 bits per heavy atom. The normalized spacial score (nSPS) is 11.6. The van der Waals surface area contributed by atoms with Gasteiger partial charge in [-0.1, -0.05) is 59.8 Å². The number of aromatic nitrogens is 3. The summed E-state index contributed by atoms with van der Waals surface area (Å²) in [6.45, 7) is 1.87. The van der Waals surface area contributed by atoms with E-state index in [2.05, 4.69) is 38.9 Å². The predicted octanol–water partition coefficient (Wildman–Crippen LogP) is 4.92. The van der Waals surface area contributed by atoms with E-state index in [4.69, 9.17) is 11.6 Å². The molecule has 1 aromatic heterocycles. The second-order valence-corrected chi connectivity index (χ2v) is 8.33. The monoisotopic (exact) mass is 449 g/mol. The number of carbonyl (C=O) groups excluding carboxylic acids is 1. The summed E-state index contributed by atoms with van der Waals surface area (Å²) in [5, 5.41) is 16.3. The van der Waals surface area contributed by atoms with Gasteiger partial charge in [-0.25, -0.2) is 5.43 Å². The average Bonchev–Trinajstić information content (AvgIpc) is 3.16. The first-order chi connectivity index (χ1) is 15.0. The molecule has 0 fully saturated rings. The molecule has 0 saturated carbocycles. The van der Waals surface area contributed by atoms with E-state index < -0.39 is 0 Å². The van der Waals surface area contributed by atoms with Gasteiger partial charge in [0.1, 0.15) is 0 Å². The third-order valence-electron chi connectivity index (χ3n) is 4.79. The van der Waals surface area contributed by atoms with Crippen molar-refractivity contribution in [3.8, 4) is 11.4 Å². The minimum absolute atomic E-state index is 0.182. The topological polar surface area (TPSA) is 72.2 Å². The van der Waals surface area contributed by atoms with E-state index in [1.54, 1.807) is 0 Å². The molecule has 0 aliphatic heterocycles. The number of thioether (sulfide) groups is 1. The van der Waals surface area contributed by atoms with Gasteiger partial charge in [-0.3, -0.25) is 4.79 Å². The van der Waals surface area contributed by atoms with Gasteiger partial charge >= 0.3 is 0 Å². The first kappa shape index (κ1) is 21.1. The molecule has 4 rings (SSSR count). The Morgan fingerprint density at radius 1 is 1.06 bits per heavy atom. The highest BCUT2D eigenvalue weighted by Crippen LogP contribution is 2.23. The minimum Gasteiger partial charge on any atom is -0.305 e. The average molecular weight is 450 g/mol. The lowest BCUT2D eigenvalue weighted by Crippen LogP contribution is -2.21. The number of benzene rings is 3. The molecule has 4 aromatic rings. The van der Waals surface area contributed by atoms with Crippen LogP contribution in [0.4, 0.5) is 0 Å². The largest absolute Gasteiger partial charge is 0.305 e. The molecular weight excluding hydrogens is 430 g/mol. The molecule has 6 nitrogen and oxygen atoms in total. The molecule has 0 atom stereocenters. The Morgan fingerprint density at radius 2 is 1.81 bits per heavy atom. The molecule has 1 heterocycles. The van der Waals surface area contributed by atoms with Gasteiger partial charge in [0.15, 0.2) is 11.0 Å². The molecule has 0 saturated heterocycles. The number of nitrogens with zero attached hydrogens (tertiary/aromatic N) is 4. The van der Waals surface area contributed by atoms with E-state index >= 15 is 0 Å². The second-order valence-electron chi connectivity index (χ2n) is 6.95. The van der Waals surface area contributed by atoms with Crippen molar-refractivity contribution in [2.75, 3.05) is 5.75 Å². The van der Waals surface area contributed by atoms with Gasteiger partial charge in [-0.15, -0.1) is 10.2 Å². The number of fused-ring (bicyclic) bond motifs is 1. The third-order valence-corrected chi connectivity index (χ3v) is 6.06. The van der Waals surface area contributed by atoms with Gasteiger partial charge in [0.2, 0.25) is 0 Å². The van der Waals surface area contributed by atoms with Crippen molar-refractivity contribution in [2.24, 2.45) is 12.1 Å². The zero-order valence-electron chi connectivity index (χ0n) is 17.0. The highest BCUT2D eigenvalue weighted by molar-refractivity contribution is 7.99. The third kappa shape index (κ3) is 4.95. The first-order valence-corrected chi connectivity index (χ1v) is 11.0. The van der Waals surface area contributed by atoms with Gasteiger partial charge in [0.05, 0.1) is 11.5 Å². The number of rotatable bonds is 6. The van der Waals surface area contributed by atoms with Crippen molar-refractivity contribution in [1.82, 2.24) is 20.2 Å². The lowest BCUT2D eigenvalue weighted by molar-refractivity contribution is -0.118. The number of hydrazone groups is 1. The quantitative estimate of drug-likeness (QED) is 0.257. The SMILES string of the molecule is C/C(=N\NC(=O)CSc1nnc(-c2ccc(Cl)cc2)n1C)c1ccc2ccccc2c1. The Bertz CT molecular complexity index is 1270. The predicted molar refractivity (Wildman–Crippen MR) is 126 cm³/mol. The number of halogens is 1. The molecule has 1 N–H and O–H groups in total. The van der Waals surface area contributed by atoms with Crippen molar-refractivity contribution in [3.63, 3.8) is 0 Å². The molecule has 0 unspecified atom stereocenters. The van der Waals surface area contributed by atoms with Crippen molar-refractivity contribution in [2.45, 2.75) is 12.1 Å². The molecule has 0 aliphatic rings. The smallest absolute Gasteiger partial charge is 0.250 e. The Labute approximate surface area is 189 Å². The number of hydrogen-bond donors (Lipinski definition) is 1. The summed E-state index contributed by atoms with van der Waals surface area (Å²) >= 11 is 7.25. The van der Waals surface area contributed by atoms with Crippen LogP contribution in [0.5, 0.6) is 0 Å². The maximum absolute atomic E-state index is 12.3. The first-order valence-electron chi connectivity index (χ1n) is 9.62. The lowest BCUT2D eigenvalue weighted by atomic mass is 10.0. The van der Waals surface area contributed by atoms with Crippen molar-refractivity contribution in [3.05, 3.63) is 77.3 Å². The van der Waals surface area contributed by atoms with Crippen molar-refractivity contribution < 1.29 is 4.79 Å². The second kappa shape index (κ2) is 9.32. The molecule has 156 valence electrons. The summed E-state index contributed by atoms with van der Waals surface area (Å²) in [6, 6.07) is 21.6. The highest BCUT2D eigenvalue weighted by atomic mass is 35.5. The zero-order valence-corrected chi connectivity index (χ0v) is 18.6. The summed E-state index contributed by atoms with van der Waals surface area (Å²) in [6.07, 6.45) is 0. The summed E-state index contributed by atoms with van der Waals surface area (Å²) in [7, 11) is 1.87. The Hall–Kier alpha value is -3.16. The van der Waals surface area contributed by atoms with Crippen molar-refractivity contribution in [1.29, 1.82) is 0 Å². The van der Waals surface area contributed by atoms with Crippen LogP contribution >= 0.6 is 23.4 Å². The van der Waals surface area contributed by atoms with Crippen molar-refractivity contribution >= 4 is 45.8 Å². The number of hydrogen-bond acceptors (Lipinski definition) is 5. The maximum Gasteiger partial charge on any atom is 0.250 e. The van der Waals surface area contributed by atoms with Gasteiger partial charge in [-0.2, -0.15) is 5.10 Å². The van der Waals surface area contributed by atoms with Gasteiger partial charge < -0.3 is 4.57 Å². The van der Waals surface area contributed by atoms with Crippen LogP contribution < -0.4 is 5.43 Å². The van der Waals surface area contributed by atoms with Gasteiger partial charge in [0.25, 0.3) is 5.91 Å². The molecule has 0 bridgehead atoms. The molecule has 0 spiro atoms. The summed E-state index contributed by atoms with van der Waals surface area (Å²) in [5.41, 5.74) is 5.24. The van der Waals surface area contributed by atoms with Crippen LogP contribution in [-0.4, -0.2) is 32.1 Å². The summed E-state index contributed by atoms with van der Waals surface area (Å²) < 4.78 is 1.85. The Kier molecular flexibility index (Phi) is 6.34. The molecule has 0 radical (unpaired) electrons. The summed E-state index contributed by atoms with van der Waals surface area (Å²) in [5.74, 6) is 0.687. The lowest BCUT2D eigenvalue weighted by Gasteiger charge is -2.05. The minimum atomic E-state index is -0.207. The van der Waals surface area contributed by atoms with E-state index in [0.29, 0.717) is 16.0 Å². The number of carbonyl (C=O) groups is 1. The van der Waals surface area contributed by atoms with Gasteiger partial charge in [-0.05, 0) is 53.6 Å². The van der Waals surface area contributed by atoms with Crippen LogP contribution in [-0.2, 0) is 11.8 Å². The van der Waals surface area contributed by atoms with Crippen LogP contribution in [0.2, 0.25) is 5.02 Å². The molecule has 3 aromatic carbocycles. The molecular formula is C23H20ClN5OS. The van der Waals surface area contributed by atoms with Crippen LogP contribution in [0.25, 0.3) is 22.2 Å². The van der Waals surface area contributed by atoms with E-state index in [9.17, 15) is 4.79 Å².